The van der Waals surface area contributed by atoms with Gasteiger partial charge in [0, 0.05) is 28.4 Å². The normalized spacial score (nSPS) is 11.4. The zero-order valence-electron chi connectivity index (χ0n) is 19.0. The highest BCUT2D eigenvalue weighted by Crippen LogP contribution is 2.35. The molecular weight excluding hydrogens is 422 g/mol. The van der Waals surface area contributed by atoms with Crippen LogP contribution in [0.4, 0.5) is 0 Å². The molecule has 4 aromatic rings. The van der Waals surface area contributed by atoms with E-state index in [0.29, 0.717) is 29.4 Å². The van der Waals surface area contributed by atoms with Crippen LogP contribution in [0.1, 0.15) is 35.8 Å². The van der Waals surface area contributed by atoms with Crippen molar-refractivity contribution in [3.05, 3.63) is 79.1 Å². The van der Waals surface area contributed by atoms with E-state index in [9.17, 15) is 9.59 Å². The molecule has 1 N–H and O–H groups in total. The van der Waals surface area contributed by atoms with Crippen molar-refractivity contribution in [2.75, 3.05) is 6.61 Å². The van der Waals surface area contributed by atoms with E-state index in [-0.39, 0.29) is 23.3 Å². The van der Waals surface area contributed by atoms with Gasteiger partial charge in [-0.3, -0.25) is 14.2 Å². The summed E-state index contributed by atoms with van der Waals surface area (Å²) in [5.74, 6) is 1.22. The summed E-state index contributed by atoms with van der Waals surface area (Å²) in [6.45, 7) is 10.6. The van der Waals surface area contributed by atoms with Gasteiger partial charge in [-0.05, 0) is 32.3 Å². The Hall–Kier alpha value is -3.19. The zero-order chi connectivity index (χ0) is 23.0. The van der Waals surface area contributed by atoms with Gasteiger partial charge < -0.3 is 9.72 Å². The maximum Gasteiger partial charge on any atom is 0.263 e. The molecule has 3 aromatic heterocycles. The minimum atomic E-state index is -0.203. The topological polar surface area (TPSA) is 77.0 Å². The Labute approximate surface area is 190 Å². The van der Waals surface area contributed by atoms with Gasteiger partial charge in [-0.15, -0.1) is 11.3 Å². The lowest BCUT2D eigenvalue weighted by atomic mass is 10.0. The lowest BCUT2D eigenvalue weighted by molar-refractivity contribution is 0.267. The van der Waals surface area contributed by atoms with Crippen LogP contribution in [0.2, 0.25) is 0 Å². The van der Waals surface area contributed by atoms with Crippen LogP contribution >= 0.6 is 11.3 Å². The number of rotatable bonds is 6. The Bertz CT molecular complexity index is 1400. The molecule has 0 amide bonds. The van der Waals surface area contributed by atoms with E-state index in [4.69, 9.17) is 9.72 Å². The first-order valence-electron chi connectivity index (χ1n) is 10.7. The number of pyridine rings is 1. The first-order valence-corrected chi connectivity index (χ1v) is 11.5. The number of thiophene rings is 1. The molecule has 0 spiro atoms. The van der Waals surface area contributed by atoms with E-state index < -0.39 is 0 Å². The summed E-state index contributed by atoms with van der Waals surface area (Å²) in [7, 11) is 0. The standard InChI is InChI=1S/C25H27N3O3S/c1-14(2)13-31-21-11-26-19(10-20(21)29)12-28-17(5)27-24-23(25(28)30)22(16(4)32-24)18-8-6-15(3)7-9-18/h6-11,14H,12-13H2,1-5H3,(H,26,29). The van der Waals surface area contributed by atoms with Crippen molar-refractivity contribution < 1.29 is 4.74 Å². The summed E-state index contributed by atoms with van der Waals surface area (Å²) in [5, 5.41) is 0.626. The highest BCUT2D eigenvalue weighted by molar-refractivity contribution is 7.19. The average molecular weight is 450 g/mol. The Balaban J connectivity index is 1.76. The van der Waals surface area contributed by atoms with Gasteiger partial charge >= 0.3 is 0 Å². The van der Waals surface area contributed by atoms with Gasteiger partial charge in [0.1, 0.15) is 10.7 Å². The van der Waals surface area contributed by atoms with Crippen molar-refractivity contribution in [1.82, 2.24) is 14.5 Å². The molecule has 0 aliphatic carbocycles. The largest absolute Gasteiger partial charge is 0.488 e. The number of hydrogen-bond acceptors (Lipinski definition) is 5. The van der Waals surface area contributed by atoms with Crippen molar-refractivity contribution in [2.45, 2.75) is 41.2 Å². The molecule has 6 nitrogen and oxygen atoms in total. The molecule has 4 rings (SSSR count). The fourth-order valence-corrected chi connectivity index (χ4v) is 4.76. The van der Waals surface area contributed by atoms with E-state index in [1.807, 2.05) is 58.9 Å². The molecule has 166 valence electrons. The van der Waals surface area contributed by atoms with Crippen molar-refractivity contribution in [2.24, 2.45) is 5.92 Å². The van der Waals surface area contributed by atoms with Crippen molar-refractivity contribution in [3.63, 3.8) is 0 Å². The van der Waals surface area contributed by atoms with Crippen LogP contribution in [0.25, 0.3) is 21.3 Å². The van der Waals surface area contributed by atoms with Gasteiger partial charge in [0.05, 0.1) is 18.5 Å². The highest BCUT2D eigenvalue weighted by Gasteiger charge is 2.19. The summed E-state index contributed by atoms with van der Waals surface area (Å²) in [5.41, 5.74) is 3.43. The molecule has 1 aromatic carbocycles. The second kappa shape index (κ2) is 8.74. The van der Waals surface area contributed by atoms with Crippen LogP contribution in [0, 0.1) is 26.7 Å². The van der Waals surface area contributed by atoms with Crippen molar-refractivity contribution in [1.29, 1.82) is 0 Å². The fraction of sp³-hybridized carbons (Fsp3) is 0.320. The molecule has 0 fully saturated rings. The SMILES string of the molecule is Cc1ccc(-c2c(C)sc3nc(C)n(Cc4cc(=O)c(OCC(C)C)c[nH]4)c(=O)c23)cc1. The molecule has 0 saturated heterocycles. The second-order valence-electron chi connectivity index (χ2n) is 8.52. The van der Waals surface area contributed by atoms with E-state index in [1.54, 1.807) is 10.8 Å². The number of benzene rings is 1. The Morgan fingerprint density at radius 1 is 1.12 bits per heavy atom. The second-order valence-corrected chi connectivity index (χ2v) is 9.72. The van der Waals surface area contributed by atoms with Crippen LogP contribution in [0.3, 0.4) is 0 Å². The van der Waals surface area contributed by atoms with Crippen molar-refractivity contribution >= 4 is 21.6 Å². The number of hydrogen-bond donors (Lipinski definition) is 1. The number of ether oxygens (including phenoxy) is 1. The molecule has 0 unspecified atom stereocenters. The molecule has 0 aliphatic heterocycles. The fourth-order valence-electron chi connectivity index (χ4n) is 3.68. The summed E-state index contributed by atoms with van der Waals surface area (Å²) >= 11 is 1.53. The Morgan fingerprint density at radius 3 is 2.50 bits per heavy atom. The molecule has 0 atom stereocenters. The number of nitrogens with zero attached hydrogens (tertiary/aromatic N) is 2. The smallest absolute Gasteiger partial charge is 0.263 e. The number of aromatic amines is 1. The van der Waals surface area contributed by atoms with Gasteiger partial charge in [-0.1, -0.05) is 43.7 Å². The highest BCUT2D eigenvalue weighted by atomic mass is 32.1. The van der Waals surface area contributed by atoms with Gasteiger partial charge in [0.2, 0.25) is 5.43 Å². The molecule has 0 saturated carbocycles. The molecule has 3 heterocycles. The van der Waals surface area contributed by atoms with E-state index in [2.05, 4.69) is 4.98 Å². The summed E-state index contributed by atoms with van der Waals surface area (Å²) in [6, 6.07) is 9.67. The van der Waals surface area contributed by atoms with Gasteiger partial charge in [-0.2, -0.15) is 0 Å². The van der Waals surface area contributed by atoms with Gasteiger partial charge in [0.15, 0.2) is 5.75 Å². The molecule has 0 aliphatic rings. The van der Waals surface area contributed by atoms with Crippen LogP contribution in [0.15, 0.2) is 46.1 Å². The zero-order valence-corrected chi connectivity index (χ0v) is 19.8. The third kappa shape index (κ3) is 4.25. The van der Waals surface area contributed by atoms with Crippen LogP contribution < -0.4 is 15.7 Å². The minimum absolute atomic E-state index is 0.103. The first-order chi connectivity index (χ1) is 15.2. The maximum absolute atomic E-state index is 13.6. The molecule has 0 radical (unpaired) electrons. The molecular formula is C25H27N3O3S. The van der Waals surface area contributed by atoms with Gasteiger partial charge in [0.25, 0.3) is 5.56 Å². The molecule has 32 heavy (non-hydrogen) atoms. The molecule has 0 bridgehead atoms. The lowest BCUT2D eigenvalue weighted by Gasteiger charge is -2.12. The quantitative estimate of drug-likeness (QED) is 0.458. The monoisotopic (exact) mass is 449 g/mol. The first kappa shape index (κ1) is 22.0. The van der Waals surface area contributed by atoms with Crippen molar-refractivity contribution in [3.8, 4) is 16.9 Å². The summed E-state index contributed by atoms with van der Waals surface area (Å²) in [4.78, 5) is 35.6. The number of H-pyrrole nitrogens is 1. The Morgan fingerprint density at radius 2 is 1.84 bits per heavy atom. The van der Waals surface area contributed by atoms with Crippen LogP contribution in [-0.2, 0) is 6.54 Å². The third-order valence-corrected chi connectivity index (χ3v) is 6.36. The van der Waals surface area contributed by atoms with Gasteiger partial charge in [-0.25, -0.2) is 4.98 Å². The van der Waals surface area contributed by atoms with E-state index >= 15 is 0 Å². The molecule has 7 heteroatoms. The number of aryl methyl sites for hydroxylation is 3. The number of nitrogens with one attached hydrogen (secondary N) is 1. The predicted molar refractivity (Wildman–Crippen MR) is 130 cm³/mol. The number of fused-ring (bicyclic) bond motifs is 1. The predicted octanol–water partition coefficient (Wildman–Crippen LogP) is 4.82. The third-order valence-electron chi connectivity index (χ3n) is 5.36. The summed E-state index contributed by atoms with van der Waals surface area (Å²) in [6.07, 6.45) is 1.57. The lowest BCUT2D eigenvalue weighted by Crippen LogP contribution is -2.25. The van der Waals surface area contributed by atoms with E-state index in [0.717, 1.165) is 20.8 Å². The number of aromatic nitrogens is 3. The average Bonchev–Trinajstić information content (AvgIpc) is 3.06. The van der Waals surface area contributed by atoms with E-state index in [1.165, 1.54) is 23.0 Å². The maximum atomic E-state index is 13.6. The van der Waals surface area contributed by atoms with Crippen LogP contribution in [0.5, 0.6) is 5.75 Å². The van der Waals surface area contributed by atoms with Crippen LogP contribution in [-0.4, -0.2) is 21.1 Å². The minimum Gasteiger partial charge on any atom is -0.488 e. The summed E-state index contributed by atoms with van der Waals surface area (Å²) < 4.78 is 7.18. The Kier molecular flexibility index (Phi) is 6.02.